The smallest absolute Gasteiger partial charge is 0.303 e. The van der Waals surface area contributed by atoms with Crippen molar-refractivity contribution in [1.29, 1.82) is 0 Å². The minimum absolute atomic E-state index is 0.0317. The first-order chi connectivity index (χ1) is 66.8. The molecule has 26 nitrogen and oxygen atoms in total. The largest absolute Gasteiger partial charge is 0.494 e. The maximum Gasteiger partial charge on any atom is 0.303 e. The fourth-order valence-corrected chi connectivity index (χ4v) is 16.2. The van der Waals surface area contributed by atoms with Gasteiger partial charge in [0.05, 0.1) is 71.4 Å². The molecule has 0 aliphatic carbocycles. The highest BCUT2D eigenvalue weighted by Gasteiger charge is 2.23. The van der Waals surface area contributed by atoms with E-state index in [1.54, 1.807) is 85.5 Å². The lowest BCUT2D eigenvalue weighted by atomic mass is 9.94. The quantitative estimate of drug-likeness (QED) is 0.0160. The molecule has 0 spiro atoms. The van der Waals surface area contributed by atoms with Crippen molar-refractivity contribution in [3.8, 4) is 56.0 Å². The van der Waals surface area contributed by atoms with Crippen molar-refractivity contribution >= 4 is 137 Å². The number of aromatic amines is 4. The summed E-state index contributed by atoms with van der Waals surface area (Å²) in [5.41, 5.74) is 22.6. The van der Waals surface area contributed by atoms with E-state index in [0.717, 1.165) is 186 Å². The number of H-pyrrole nitrogens is 4. The number of nitrogens with one attached hydrogen (secondary N) is 8. The molecule has 12 N–H and O–H groups in total. The van der Waals surface area contributed by atoms with Crippen molar-refractivity contribution in [1.82, 2.24) is 40.8 Å². The van der Waals surface area contributed by atoms with Gasteiger partial charge >= 0.3 is 23.9 Å². The van der Waals surface area contributed by atoms with E-state index in [1.807, 2.05) is 172 Å². The molecule has 0 bridgehead atoms. The third kappa shape index (κ3) is 27.4. The monoisotopic (exact) mass is 1890 g/mol. The highest BCUT2D eigenvalue weighted by Crippen LogP contribution is 2.41. The number of benzene rings is 12. The minimum atomic E-state index is -0.901. The lowest BCUT2D eigenvalue weighted by molar-refractivity contribution is -0.138. The van der Waals surface area contributed by atoms with Gasteiger partial charge in [0.1, 0.15) is 11.5 Å². The van der Waals surface area contributed by atoms with Crippen molar-refractivity contribution in [3.63, 3.8) is 0 Å². The van der Waals surface area contributed by atoms with E-state index in [9.17, 15) is 38.4 Å². The molecule has 16 rings (SSSR count). The fraction of sp³-hybridized carbons (Fsp3) is 0.236. The first-order valence-corrected chi connectivity index (χ1v) is 46.9. The zero-order valence-corrected chi connectivity index (χ0v) is 79.2. The molecule has 0 radical (unpaired) electrons. The summed E-state index contributed by atoms with van der Waals surface area (Å²) in [5, 5.41) is 81.3. The van der Waals surface area contributed by atoms with Gasteiger partial charge in [-0.1, -0.05) is 125 Å². The summed E-state index contributed by atoms with van der Waals surface area (Å²) in [6.07, 6.45) is 19.0. The molecule has 0 aliphatic rings. The Kier molecular flexibility index (Phi) is 35.2. The number of carbonyl (C=O) groups excluding carboxylic acids is 4. The zero-order valence-electron chi connectivity index (χ0n) is 77.7. The molecular formula is C110H110Cl2N12O14. The Morgan fingerprint density at radius 3 is 0.826 bits per heavy atom. The molecule has 0 saturated carbocycles. The molecule has 0 aliphatic heterocycles. The van der Waals surface area contributed by atoms with E-state index in [1.165, 1.54) is 11.1 Å². The topological polar surface area (TPSA) is 399 Å². The SMILES string of the molecule is CCCCOc1ccc(C(=O)Nc2cc(C)c(CCC(=O)O)cc2-c2ccc3[nH]ncc3c2)cc1.CCCCOc1ccc(C(=O)Nc2cc(Cl)c(CCC(=O)O)cc2-c2ccc3[nH]ncc3c2)cc1.CCCCc1ccc(C(=O)Nc2cc(C)c(CCC(=O)O)cc2-c2ccc3[nH]ncc3c2)cc1.CCCCc1ccc(C(=O)Nc2cc(Cl)c(CCC(=O)O)cc2-c2ccc3[nH]ncc3c2)cc1. The van der Waals surface area contributed by atoms with Crippen LogP contribution in [0, 0.1) is 13.8 Å². The molecule has 0 fully saturated rings. The maximum atomic E-state index is 13.1. The van der Waals surface area contributed by atoms with Gasteiger partial charge < -0.3 is 51.2 Å². The van der Waals surface area contributed by atoms with Crippen molar-refractivity contribution < 1.29 is 68.3 Å². The van der Waals surface area contributed by atoms with Gasteiger partial charge in [-0.15, -0.1) is 0 Å². The number of halogens is 2. The summed E-state index contributed by atoms with van der Waals surface area (Å²) in [4.78, 5) is 96.8. The number of carboxylic acids is 4. The van der Waals surface area contributed by atoms with Gasteiger partial charge in [-0.25, -0.2) is 0 Å². The van der Waals surface area contributed by atoms with Gasteiger partial charge in [0, 0.05) is 113 Å². The Morgan fingerprint density at radius 2 is 0.558 bits per heavy atom. The Morgan fingerprint density at radius 1 is 0.304 bits per heavy atom. The molecule has 708 valence electrons. The van der Waals surface area contributed by atoms with Crippen LogP contribution in [0.1, 0.15) is 191 Å². The van der Waals surface area contributed by atoms with Crippen LogP contribution in [0.2, 0.25) is 10.0 Å². The Bertz CT molecular complexity index is 6590. The average molecular weight is 1900 g/mol. The lowest BCUT2D eigenvalue weighted by Crippen LogP contribution is -2.13. The van der Waals surface area contributed by atoms with E-state index in [0.29, 0.717) is 98.7 Å². The first-order valence-electron chi connectivity index (χ1n) is 46.2. The highest BCUT2D eigenvalue weighted by atomic mass is 35.5. The van der Waals surface area contributed by atoms with Gasteiger partial charge in [-0.3, -0.25) is 58.8 Å². The normalized spacial score (nSPS) is 11.0. The van der Waals surface area contributed by atoms with Gasteiger partial charge in [-0.2, -0.15) is 20.4 Å². The summed E-state index contributed by atoms with van der Waals surface area (Å²) in [6, 6.07) is 67.8. The van der Waals surface area contributed by atoms with E-state index in [4.69, 9.17) is 53.1 Å². The van der Waals surface area contributed by atoms with Crippen LogP contribution in [0.3, 0.4) is 0 Å². The third-order valence-corrected chi connectivity index (χ3v) is 24.3. The number of anilines is 4. The van der Waals surface area contributed by atoms with Crippen LogP contribution in [-0.4, -0.2) is 122 Å². The summed E-state index contributed by atoms with van der Waals surface area (Å²) >= 11 is 13.0. The number of aryl methyl sites for hydroxylation is 8. The molecule has 16 aromatic rings. The van der Waals surface area contributed by atoms with E-state index < -0.39 is 23.9 Å². The van der Waals surface area contributed by atoms with Crippen LogP contribution in [-0.2, 0) is 57.7 Å². The van der Waals surface area contributed by atoms with Crippen LogP contribution in [0.25, 0.3) is 88.1 Å². The maximum absolute atomic E-state index is 13.1. The van der Waals surface area contributed by atoms with Gasteiger partial charge in [-0.05, 0) is 315 Å². The molecule has 4 heterocycles. The van der Waals surface area contributed by atoms with Gasteiger partial charge in [0.25, 0.3) is 23.6 Å². The molecule has 0 atom stereocenters. The van der Waals surface area contributed by atoms with Crippen LogP contribution in [0.15, 0.2) is 243 Å². The predicted octanol–water partition coefficient (Wildman–Crippen LogP) is 25.0. The molecule has 4 amide bonds. The number of fused-ring (bicyclic) bond motifs is 4. The number of ether oxygens (including phenoxy) is 2. The minimum Gasteiger partial charge on any atom is -0.494 e. The summed E-state index contributed by atoms with van der Waals surface area (Å²) in [5.74, 6) is -2.94. The summed E-state index contributed by atoms with van der Waals surface area (Å²) in [6.45, 7) is 13.7. The zero-order chi connectivity index (χ0) is 97.7. The number of aliphatic carboxylic acids is 4. The molecule has 28 heteroatoms. The second kappa shape index (κ2) is 48.6. The number of carboxylic acid groups (broad SMARTS) is 4. The molecule has 0 saturated heterocycles. The van der Waals surface area contributed by atoms with Crippen molar-refractivity contribution in [3.05, 3.63) is 320 Å². The molecular weight excluding hydrogens is 1780 g/mol. The van der Waals surface area contributed by atoms with E-state index >= 15 is 0 Å². The standard InChI is InChI=1S/C28H29N3O4.C28H29N3O3.C27H26ClN3O4.C27H26ClN3O3/c1-3-4-13-35-23-9-5-19(6-10-23)28(34)30-26-14-18(2)20(8-12-27(32)33)16-24(26)21-7-11-25-22(15-21)17-29-31-25;1-3-4-5-19-6-8-20(9-7-19)28(34)30-26-14-18(2)21(11-13-27(32)33)16-24(26)22-10-12-25-23(15-22)17-29-31-25;1-2-3-12-35-21-8-4-17(5-9-21)27(34)30-25-15-23(28)19(7-11-26(32)33)14-22(25)18-6-10-24-20(13-18)16-29-31-24;1-2-3-4-17-5-7-18(8-6-17)27(34)30-25-15-23(28)20(10-12-26(32)33)14-22(25)19-9-11-24-21(13-19)16-29-31-24/h5-7,9-11,14-17H,3-4,8,12-13H2,1-2H3,(H,29,31)(H,30,34)(H,32,33);6-10,12,14-17H,3-5,11,13H2,1-2H3,(H,29,31)(H,30,34)(H,32,33);4-6,8-10,13-16H,2-3,7,11-12H2,1H3,(H,29,31)(H,30,34)(H,32,33);5-9,11,13-16H,2-4,10,12H2,1H3,(H,29,31)(H,30,34)(H,32,33). The number of nitrogens with zero attached hydrogens (tertiary/aromatic N) is 4. The van der Waals surface area contributed by atoms with Crippen molar-refractivity contribution in [2.45, 2.75) is 157 Å². The van der Waals surface area contributed by atoms with Gasteiger partial charge in [0.2, 0.25) is 0 Å². The number of rotatable bonds is 38. The van der Waals surface area contributed by atoms with Crippen molar-refractivity contribution in [2.24, 2.45) is 0 Å². The second-order valence-corrected chi connectivity index (χ2v) is 34.6. The fourth-order valence-electron chi connectivity index (χ4n) is 15.7. The van der Waals surface area contributed by atoms with Crippen molar-refractivity contribution in [2.75, 3.05) is 34.5 Å². The lowest BCUT2D eigenvalue weighted by Gasteiger charge is -2.16. The van der Waals surface area contributed by atoms with Crippen LogP contribution < -0.4 is 30.7 Å². The van der Waals surface area contributed by atoms with Crippen LogP contribution >= 0.6 is 23.2 Å². The number of carbonyl (C=O) groups is 8. The number of hydrogen-bond donors (Lipinski definition) is 12. The molecule has 0 unspecified atom stereocenters. The summed E-state index contributed by atoms with van der Waals surface area (Å²) < 4.78 is 11.4. The van der Waals surface area contributed by atoms with Gasteiger partial charge in [0.15, 0.2) is 0 Å². The first kappa shape index (κ1) is 99.9. The number of aromatic nitrogens is 8. The second-order valence-electron chi connectivity index (χ2n) is 33.8. The Labute approximate surface area is 808 Å². The Balaban J connectivity index is 0.000000155. The average Bonchev–Trinajstić information content (AvgIpc) is 1.31. The summed E-state index contributed by atoms with van der Waals surface area (Å²) in [7, 11) is 0. The van der Waals surface area contributed by atoms with Crippen LogP contribution in [0.5, 0.6) is 11.5 Å². The number of unbranched alkanes of at least 4 members (excludes halogenated alkanes) is 4. The Hall–Kier alpha value is -15.5. The van der Waals surface area contributed by atoms with E-state index in [-0.39, 0.29) is 55.7 Å². The third-order valence-electron chi connectivity index (χ3n) is 23.6. The number of hydrogen-bond acceptors (Lipinski definition) is 14. The van der Waals surface area contributed by atoms with Crippen LogP contribution in [0.4, 0.5) is 22.7 Å². The number of amides is 4. The molecule has 138 heavy (non-hydrogen) atoms. The van der Waals surface area contributed by atoms with E-state index in [2.05, 4.69) is 89.8 Å². The molecule has 4 aromatic heterocycles. The highest BCUT2D eigenvalue weighted by molar-refractivity contribution is 6.32. The predicted molar refractivity (Wildman–Crippen MR) is 545 cm³/mol. The molecule has 12 aromatic carbocycles.